The summed E-state index contributed by atoms with van der Waals surface area (Å²) < 4.78 is 0. The molecule has 10 heavy (non-hydrogen) atoms. The van der Waals surface area contributed by atoms with Crippen molar-refractivity contribution >= 4 is 23.2 Å². The second-order valence-electron chi connectivity index (χ2n) is 1.41. The molecule has 1 nitrogen and oxygen atoms in total. The number of rotatable bonds is 0. The van der Waals surface area contributed by atoms with Crippen molar-refractivity contribution < 1.29 is 5.11 Å². The Kier molecular flexibility index (Phi) is 5.40. The maximum Gasteiger partial charge on any atom is 0.0592 e. The zero-order chi connectivity index (χ0) is 7.98. The second-order valence-corrected chi connectivity index (χ2v) is 2.23. The average Bonchev–Trinajstić information content (AvgIpc) is 2.00. The molecule has 0 heterocycles. The molecule has 1 aromatic rings. The lowest BCUT2D eigenvalue weighted by Gasteiger charge is -1.88. The quantitative estimate of drug-likeness (QED) is 0.648. The highest BCUT2D eigenvalue weighted by Crippen LogP contribution is 2.19. The Morgan fingerprint density at radius 3 is 1.50 bits per heavy atom. The molecule has 0 fully saturated rings. The first-order chi connectivity index (χ1) is 4.80. The molecular weight excluding hydrogens is 171 g/mol. The van der Waals surface area contributed by atoms with E-state index >= 15 is 0 Å². The van der Waals surface area contributed by atoms with Crippen LogP contribution < -0.4 is 0 Å². The first kappa shape index (κ1) is 9.76. The van der Waals surface area contributed by atoms with Crippen LogP contribution >= 0.6 is 23.2 Å². The number of hydrogen-bond acceptors (Lipinski definition) is 1. The van der Waals surface area contributed by atoms with Gasteiger partial charge in [-0.25, -0.2) is 0 Å². The SMILES string of the molecule is CO.Clc1ccccc1Cl. The van der Waals surface area contributed by atoms with Crippen LogP contribution in [0.25, 0.3) is 0 Å². The second kappa shape index (κ2) is 5.54. The van der Waals surface area contributed by atoms with Gasteiger partial charge in [-0.05, 0) is 12.1 Å². The first-order valence-electron chi connectivity index (χ1n) is 2.65. The van der Waals surface area contributed by atoms with Crippen LogP contribution in [-0.4, -0.2) is 12.2 Å². The summed E-state index contributed by atoms with van der Waals surface area (Å²) in [4.78, 5) is 0. The van der Waals surface area contributed by atoms with E-state index in [2.05, 4.69) is 0 Å². The average molecular weight is 179 g/mol. The lowest BCUT2D eigenvalue weighted by molar-refractivity contribution is 0.399. The van der Waals surface area contributed by atoms with Crippen LogP contribution in [0, 0.1) is 0 Å². The number of halogens is 2. The molecule has 0 aliphatic rings. The molecule has 0 bridgehead atoms. The summed E-state index contributed by atoms with van der Waals surface area (Å²) in [5, 5.41) is 8.21. The Bertz CT molecular complexity index is 168. The van der Waals surface area contributed by atoms with Crippen molar-refractivity contribution in [1.82, 2.24) is 0 Å². The highest BCUT2D eigenvalue weighted by atomic mass is 35.5. The highest BCUT2D eigenvalue weighted by molar-refractivity contribution is 6.41. The van der Waals surface area contributed by atoms with Gasteiger partial charge in [-0.3, -0.25) is 0 Å². The summed E-state index contributed by atoms with van der Waals surface area (Å²) in [6.07, 6.45) is 0. The van der Waals surface area contributed by atoms with E-state index in [4.69, 9.17) is 28.3 Å². The van der Waals surface area contributed by atoms with E-state index in [1.807, 2.05) is 12.1 Å². The van der Waals surface area contributed by atoms with Crippen molar-refractivity contribution in [3.05, 3.63) is 34.3 Å². The summed E-state index contributed by atoms with van der Waals surface area (Å²) >= 11 is 11.2. The normalized spacial score (nSPS) is 8.00. The van der Waals surface area contributed by atoms with Gasteiger partial charge in [0, 0.05) is 7.11 Å². The van der Waals surface area contributed by atoms with Crippen LogP contribution in [0.1, 0.15) is 0 Å². The van der Waals surface area contributed by atoms with E-state index in [9.17, 15) is 0 Å². The smallest absolute Gasteiger partial charge is 0.0592 e. The fourth-order valence-corrected chi connectivity index (χ4v) is 0.711. The molecule has 0 saturated carbocycles. The van der Waals surface area contributed by atoms with Gasteiger partial charge in [-0.15, -0.1) is 0 Å². The maximum absolute atomic E-state index is 7.00. The zero-order valence-electron chi connectivity index (χ0n) is 5.51. The number of aliphatic hydroxyl groups excluding tert-OH is 1. The third kappa shape index (κ3) is 3.06. The van der Waals surface area contributed by atoms with Gasteiger partial charge in [0.15, 0.2) is 0 Å². The summed E-state index contributed by atoms with van der Waals surface area (Å²) in [5.41, 5.74) is 0. The number of hydrogen-bond donors (Lipinski definition) is 1. The van der Waals surface area contributed by atoms with Gasteiger partial charge in [0.1, 0.15) is 0 Å². The van der Waals surface area contributed by atoms with Crippen molar-refractivity contribution in [2.24, 2.45) is 0 Å². The predicted molar refractivity (Wildman–Crippen MR) is 44.6 cm³/mol. The lowest BCUT2D eigenvalue weighted by atomic mass is 10.4. The van der Waals surface area contributed by atoms with Crippen molar-refractivity contribution in [3.8, 4) is 0 Å². The topological polar surface area (TPSA) is 20.2 Å². The van der Waals surface area contributed by atoms with Crippen molar-refractivity contribution in [1.29, 1.82) is 0 Å². The molecule has 0 unspecified atom stereocenters. The first-order valence-corrected chi connectivity index (χ1v) is 3.41. The summed E-state index contributed by atoms with van der Waals surface area (Å²) in [7, 11) is 1.00. The molecule has 0 radical (unpaired) electrons. The summed E-state index contributed by atoms with van der Waals surface area (Å²) in [6.45, 7) is 0. The largest absolute Gasteiger partial charge is 0.400 e. The molecule has 0 aliphatic carbocycles. The molecule has 0 amide bonds. The lowest BCUT2D eigenvalue weighted by Crippen LogP contribution is -1.62. The van der Waals surface area contributed by atoms with Gasteiger partial charge in [0.25, 0.3) is 0 Å². The fraction of sp³-hybridized carbons (Fsp3) is 0.143. The van der Waals surface area contributed by atoms with Crippen LogP contribution in [-0.2, 0) is 0 Å². The fourth-order valence-electron chi connectivity index (χ4n) is 0.439. The Morgan fingerprint density at radius 1 is 1.00 bits per heavy atom. The van der Waals surface area contributed by atoms with Crippen LogP contribution in [0.5, 0.6) is 0 Å². The molecule has 0 atom stereocenters. The Hall–Kier alpha value is -0.240. The number of benzene rings is 1. The Labute approximate surface area is 70.2 Å². The van der Waals surface area contributed by atoms with E-state index in [1.165, 1.54) is 0 Å². The third-order valence-corrected chi connectivity index (χ3v) is 1.58. The van der Waals surface area contributed by atoms with Crippen molar-refractivity contribution in [2.75, 3.05) is 7.11 Å². The van der Waals surface area contributed by atoms with E-state index in [0.717, 1.165) is 7.11 Å². The van der Waals surface area contributed by atoms with Gasteiger partial charge in [0.05, 0.1) is 10.0 Å². The van der Waals surface area contributed by atoms with Crippen molar-refractivity contribution in [2.45, 2.75) is 0 Å². The Morgan fingerprint density at radius 2 is 1.30 bits per heavy atom. The third-order valence-electron chi connectivity index (χ3n) is 0.824. The molecule has 1 aromatic carbocycles. The molecule has 3 heteroatoms. The van der Waals surface area contributed by atoms with E-state index < -0.39 is 0 Å². The van der Waals surface area contributed by atoms with Gasteiger partial charge in [0.2, 0.25) is 0 Å². The minimum Gasteiger partial charge on any atom is -0.400 e. The van der Waals surface area contributed by atoms with Gasteiger partial charge in [-0.2, -0.15) is 0 Å². The molecule has 56 valence electrons. The molecule has 1 rings (SSSR count). The summed E-state index contributed by atoms with van der Waals surface area (Å²) in [6, 6.07) is 7.19. The van der Waals surface area contributed by atoms with Crippen LogP contribution in [0.2, 0.25) is 10.0 Å². The molecule has 0 spiro atoms. The zero-order valence-corrected chi connectivity index (χ0v) is 7.02. The van der Waals surface area contributed by atoms with E-state index in [-0.39, 0.29) is 0 Å². The highest BCUT2D eigenvalue weighted by Gasteiger charge is 1.89. The summed E-state index contributed by atoms with van der Waals surface area (Å²) in [5.74, 6) is 0. The molecule has 1 N–H and O–H groups in total. The van der Waals surface area contributed by atoms with Gasteiger partial charge in [-0.1, -0.05) is 35.3 Å². The standard InChI is InChI=1S/C6H4Cl2.CH4O/c7-5-3-1-2-4-6(5)8;1-2/h1-4H;2H,1H3. The van der Waals surface area contributed by atoms with Crippen LogP contribution in [0.15, 0.2) is 24.3 Å². The number of aliphatic hydroxyl groups is 1. The molecule has 0 aromatic heterocycles. The van der Waals surface area contributed by atoms with Crippen LogP contribution in [0.3, 0.4) is 0 Å². The van der Waals surface area contributed by atoms with E-state index in [0.29, 0.717) is 10.0 Å². The van der Waals surface area contributed by atoms with Gasteiger partial charge >= 0.3 is 0 Å². The van der Waals surface area contributed by atoms with Gasteiger partial charge < -0.3 is 5.11 Å². The molecule has 0 saturated heterocycles. The molecule has 0 aliphatic heterocycles. The predicted octanol–water partition coefficient (Wildman–Crippen LogP) is 2.60. The minimum absolute atomic E-state index is 0.606. The van der Waals surface area contributed by atoms with E-state index in [1.54, 1.807) is 12.1 Å². The monoisotopic (exact) mass is 178 g/mol. The Balaban J connectivity index is 0.000000371. The molecular formula is C7H8Cl2O. The van der Waals surface area contributed by atoms with Crippen molar-refractivity contribution in [3.63, 3.8) is 0 Å². The maximum atomic E-state index is 7.00. The van der Waals surface area contributed by atoms with Crippen LogP contribution in [0.4, 0.5) is 0 Å². The minimum atomic E-state index is 0.606.